The van der Waals surface area contributed by atoms with Gasteiger partial charge in [-0.25, -0.2) is 19.2 Å². The zero-order chi connectivity index (χ0) is 38.5. The smallest absolute Gasteiger partial charge is 0.413 e. The summed E-state index contributed by atoms with van der Waals surface area (Å²) in [6, 6.07) is 13.3. The van der Waals surface area contributed by atoms with Crippen LogP contribution < -0.4 is 25.6 Å². The van der Waals surface area contributed by atoms with Crippen LogP contribution in [-0.4, -0.2) is 76.6 Å². The molecule has 1 aliphatic heterocycles. The van der Waals surface area contributed by atoms with Crippen molar-refractivity contribution in [2.24, 2.45) is 5.92 Å². The summed E-state index contributed by atoms with van der Waals surface area (Å²) in [6.07, 6.45) is -7.13. The number of hydrogen-bond donors (Lipinski definition) is 4. The number of anilines is 1. The third-order valence-corrected chi connectivity index (χ3v) is 9.06. The van der Waals surface area contributed by atoms with Crippen LogP contribution in [-0.2, 0) is 41.3 Å². The maximum Gasteiger partial charge on any atom is 0.413 e. The molecule has 1 fully saturated rings. The Kier molecular flexibility index (Phi) is 12.2. The summed E-state index contributed by atoms with van der Waals surface area (Å²) in [5, 5.41) is 15.3. The Morgan fingerprint density at radius 2 is 1.81 bits per heavy atom. The largest absolute Gasteiger partial charge is 0.497 e. The number of furan rings is 1. The summed E-state index contributed by atoms with van der Waals surface area (Å²) in [5.41, 5.74) is -0.236. The zero-order valence-electron chi connectivity index (χ0n) is 28.8. The van der Waals surface area contributed by atoms with Gasteiger partial charge >= 0.3 is 31.4 Å². The average Bonchev–Trinajstić information content (AvgIpc) is 3.64. The molecule has 4 aromatic rings. The number of halogens is 2. The highest BCUT2D eigenvalue weighted by atomic mass is 31.2. The molecule has 5 atom stereocenters. The van der Waals surface area contributed by atoms with Crippen molar-refractivity contribution in [3.05, 3.63) is 82.6 Å². The third kappa shape index (κ3) is 9.37. The lowest BCUT2D eigenvalue weighted by atomic mass is 10.1. The highest BCUT2D eigenvalue weighted by Crippen LogP contribution is 2.45. The van der Waals surface area contributed by atoms with Crippen LogP contribution in [0.2, 0.25) is 0 Å². The van der Waals surface area contributed by atoms with Crippen LogP contribution in [0.1, 0.15) is 31.4 Å². The lowest BCUT2D eigenvalue weighted by Crippen LogP contribution is -2.42. The second-order valence-corrected chi connectivity index (χ2v) is 13.6. The fraction of sp³-hybridized carbons (Fsp3) is 0.394. The van der Waals surface area contributed by atoms with E-state index < -0.39 is 68.4 Å². The van der Waals surface area contributed by atoms with Gasteiger partial charge in [0, 0.05) is 17.6 Å². The van der Waals surface area contributed by atoms with Crippen LogP contribution in [0, 0.1) is 5.92 Å². The number of alkyl halides is 2. The van der Waals surface area contributed by atoms with E-state index in [-0.39, 0.29) is 24.8 Å². The Labute approximate surface area is 300 Å². The van der Waals surface area contributed by atoms with E-state index in [1.165, 1.54) is 14.2 Å². The summed E-state index contributed by atoms with van der Waals surface area (Å²) in [4.78, 5) is 51.9. The number of methoxy groups -OCH3 is 2. The van der Waals surface area contributed by atoms with Crippen molar-refractivity contribution < 1.29 is 65.6 Å². The van der Waals surface area contributed by atoms with Gasteiger partial charge in [-0.05, 0) is 29.7 Å². The fourth-order valence-electron chi connectivity index (χ4n) is 5.21. The van der Waals surface area contributed by atoms with Crippen LogP contribution in [0.4, 0.5) is 19.4 Å². The van der Waals surface area contributed by atoms with Gasteiger partial charge in [0.25, 0.3) is 0 Å². The minimum Gasteiger partial charge on any atom is -0.497 e. The van der Waals surface area contributed by atoms with Gasteiger partial charge in [0.15, 0.2) is 24.0 Å². The first-order valence-corrected chi connectivity index (χ1v) is 17.5. The van der Waals surface area contributed by atoms with E-state index in [0.717, 1.165) is 12.3 Å². The predicted molar refractivity (Wildman–Crippen MR) is 180 cm³/mol. The second-order valence-electron chi connectivity index (χ2n) is 12.1. The molecule has 0 radical (unpaired) electrons. The van der Waals surface area contributed by atoms with Crippen LogP contribution in [0.25, 0.3) is 11.0 Å². The van der Waals surface area contributed by atoms with Gasteiger partial charge in [-0.15, -0.1) is 0 Å². The van der Waals surface area contributed by atoms with E-state index >= 15 is 8.78 Å². The molecule has 3 heterocycles. The quantitative estimate of drug-likeness (QED) is 0.0988. The molecule has 5 rings (SSSR count). The van der Waals surface area contributed by atoms with Gasteiger partial charge in [0.2, 0.25) is 6.23 Å². The highest BCUT2D eigenvalue weighted by Gasteiger charge is 2.60. The number of hydrogen-bond acceptors (Lipinski definition) is 13. The Morgan fingerprint density at radius 3 is 2.47 bits per heavy atom. The number of aliphatic hydroxyl groups is 1. The van der Waals surface area contributed by atoms with Gasteiger partial charge in [-0.1, -0.05) is 44.2 Å². The Balaban J connectivity index is 1.17. The first kappa shape index (κ1) is 39.3. The molecule has 2 aromatic heterocycles. The standard InChI is InChI=1S/C33H37F2N4O13P/c1-18(2)26(29(41)48-15-19-8-6-5-7-9-19)38-53(44,45)50-17-24-28(40)33(34,35)30(52-24)39-11-10-25(36-31(39)42)37-32(43)49-16-22-13-20-12-21(46-3)14-23(47-4)27(20)51-22/h5-14,18,24,26,28,30,40H,15-17H2,1-4H3,(H2,38,44,45)(H,36,37,42,43)/t24?,26-,28+,30?/m0/s1. The summed E-state index contributed by atoms with van der Waals surface area (Å²) in [6.45, 7) is 1.66. The van der Waals surface area contributed by atoms with Gasteiger partial charge in [0.1, 0.15) is 36.1 Å². The van der Waals surface area contributed by atoms with Crippen molar-refractivity contribution in [3.8, 4) is 11.5 Å². The molecule has 17 nitrogen and oxygen atoms in total. The number of benzene rings is 2. The number of aromatic nitrogens is 2. The zero-order valence-corrected chi connectivity index (χ0v) is 29.7. The summed E-state index contributed by atoms with van der Waals surface area (Å²) < 4.78 is 80.3. The van der Waals surface area contributed by atoms with Crippen LogP contribution in [0.3, 0.4) is 0 Å². The van der Waals surface area contributed by atoms with Crippen molar-refractivity contribution in [3.63, 3.8) is 0 Å². The lowest BCUT2D eigenvalue weighted by Gasteiger charge is -2.24. The monoisotopic (exact) mass is 766 g/mol. The number of amides is 1. The van der Waals surface area contributed by atoms with Gasteiger partial charge in [-0.3, -0.25) is 19.2 Å². The molecule has 286 valence electrons. The van der Waals surface area contributed by atoms with Crippen molar-refractivity contribution in [2.45, 2.75) is 57.5 Å². The van der Waals surface area contributed by atoms with E-state index in [2.05, 4.69) is 15.4 Å². The van der Waals surface area contributed by atoms with Gasteiger partial charge in [-0.2, -0.15) is 13.8 Å². The molecular formula is C33H37F2N4O13P. The van der Waals surface area contributed by atoms with Crippen LogP contribution in [0.5, 0.6) is 11.5 Å². The molecular weight excluding hydrogens is 729 g/mol. The van der Waals surface area contributed by atoms with Gasteiger partial charge < -0.3 is 38.1 Å². The van der Waals surface area contributed by atoms with Crippen molar-refractivity contribution in [1.82, 2.24) is 14.6 Å². The molecule has 2 aromatic carbocycles. The molecule has 0 bridgehead atoms. The number of carbonyl (C=O) groups is 2. The first-order chi connectivity index (χ1) is 25.1. The van der Waals surface area contributed by atoms with Crippen LogP contribution >= 0.6 is 7.75 Å². The minimum atomic E-state index is -4.87. The number of nitrogens with zero attached hydrogens (tertiary/aromatic N) is 2. The van der Waals surface area contributed by atoms with E-state index in [1.54, 1.807) is 62.4 Å². The molecule has 1 amide bonds. The highest BCUT2D eigenvalue weighted by molar-refractivity contribution is 7.50. The fourth-order valence-corrected chi connectivity index (χ4v) is 6.39. The second kappa shape index (κ2) is 16.4. The van der Waals surface area contributed by atoms with Crippen LogP contribution in [0.15, 0.2) is 70.0 Å². The summed E-state index contributed by atoms with van der Waals surface area (Å²) >= 11 is 0. The molecule has 0 saturated carbocycles. The number of esters is 1. The molecule has 0 aliphatic carbocycles. The topological polar surface area (TPSA) is 219 Å². The third-order valence-electron chi connectivity index (χ3n) is 7.96. The molecule has 3 unspecified atom stereocenters. The van der Waals surface area contributed by atoms with Crippen molar-refractivity contribution >= 4 is 36.6 Å². The average molecular weight is 767 g/mol. The molecule has 0 spiro atoms. The summed E-state index contributed by atoms with van der Waals surface area (Å²) in [5.74, 6) is -4.74. The number of fused-ring (bicyclic) bond motifs is 1. The molecule has 1 aliphatic rings. The maximum atomic E-state index is 15.2. The number of nitrogens with one attached hydrogen (secondary N) is 2. The maximum absolute atomic E-state index is 15.2. The number of carbonyl (C=O) groups excluding carboxylic acids is 2. The molecule has 20 heteroatoms. The first-order valence-electron chi connectivity index (χ1n) is 16.0. The Morgan fingerprint density at radius 1 is 1.08 bits per heavy atom. The SMILES string of the molecule is COc1cc(OC)c2oc(COC(=O)Nc3ccn(C4OC(COP(=O)(O)N[C@H](C(=O)OCc5ccccc5)C(C)C)[C@@H](O)C4(F)F)c(=O)n3)cc2c1. The number of aliphatic hydroxyl groups excluding tert-OH is 1. The van der Waals surface area contributed by atoms with Crippen molar-refractivity contribution in [1.29, 1.82) is 0 Å². The number of ether oxygens (including phenoxy) is 5. The molecule has 53 heavy (non-hydrogen) atoms. The number of rotatable bonds is 15. The summed E-state index contributed by atoms with van der Waals surface area (Å²) in [7, 11) is -1.94. The van der Waals surface area contributed by atoms with E-state index in [0.29, 0.717) is 32.6 Å². The Hall–Kier alpha value is -4.91. The van der Waals surface area contributed by atoms with E-state index in [1.807, 2.05) is 0 Å². The van der Waals surface area contributed by atoms with Crippen molar-refractivity contribution in [2.75, 3.05) is 26.1 Å². The molecule has 1 saturated heterocycles. The minimum absolute atomic E-state index is 0.106. The van der Waals surface area contributed by atoms with E-state index in [4.69, 9.17) is 32.6 Å². The van der Waals surface area contributed by atoms with Gasteiger partial charge in [0.05, 0.1) is 20.8 Å². The Bertz CT molecular complexity index is 2030. The molecule has 4 N–H and O–H groups in total. The predicted octanol–water partition coefficient (Wildman–Crippen LogP) is 4.12. The van der Waals surface area contributed by atoms with E-state index in [9.17, 15) is 28.9 Å². The lowest BCUT2D eigenvalue weighted by molar-refractivity contribution is -0.148. The normalized spacial score (nSPS) is 19.8.